The predicted molar refractivity (Wildman–Crippen MR) is 137 cm³/mol. The van der Waals surface area contributed by atoms with Gasteiger partial charge in [0.15, 0.2) is 0 Å². The van der Waals surface area contributed by atoms with Crippen LogP contribution in [0.4, 0.5) is 5.69 Å². The van der Waals surface area contributed by atoms with Crippen LogP contribution in [0.5, 0.6) is 17.2 Å². The van der Waals surface area contributed by atoms with Gasteiger partial charge in [-0.05, 0) is 78.9 Å². The highest BCUT2D eigenvalue weighted by Crippen LogP contribution is 2.34. The van der Waals surface area contributed by atoms with Crippen LogP contribution in [0, 0.1) is 0 Å². The number of hydrogen-bond acceptors (Lipinski definition) is 6. The smallest absolute Gasteiger partial charge is 0.264 e. The Morgan fingerprint density at radius 3 is 2.33 bits per heavy atom. The fourth-order valence-electron chi connectivity index (χ4n) is 4.45. The van der Waals surface area contributed by atoms with Crippen LogP contribution in [0.15, 0.2) is 71.6 Å². The van der Waals surface area contributed by atoms with E-state index in [4.69, 9.17) is 14.2 Å². The molecule has 0 aliphatic heterocycles. The van der Waals surface area contributed by atoms with E-state index in [0.29, 0.717) is 11.5 Å². The second-order valence-electron chi connectivity index (χ2n) is 8.44. The van der Waals surface area contributed by atoms with E-state index in [1.807, 2.05) is 18.2 Å². The fraction of sp³-hybridized carbons (Fsp3) is 0.296. The molecule has 1 amide bonds. The molecule has 4 rings (SSSR count). The Morgan fingerprint density at radius 1 is 0.944 bits per heavy atom. The van der Waals surface area contributed by atoms with E-state index in [0.717, 1.165) is 40.4 Å². The molecule has 0 saturated heterocycles. The van der Waals surface area contributed by atoms with Gasteiger partial charge >= 0.3 is 0 Å². The van der Waals surface area contributed by atoms with Gasteiger partial charge in [0.05, 0.1) is 38.0 Å². The molecule has 9 heteroatoms. The minimum atomic E-state index is -4.10. The topological polar surface area (TPSA) is 94.2 Å². The number of hydrogen-bond donors (Lipinski definition) is 1. The summed E-state index contributed by atoms with van der Waals surface area (Å²) in [6.07, 6.45) is 2.58. The van der Waals surface area contributed by atoms with E-state index in [2.05, 4.69) is 5.32 Å². The Labute approximate surface area is 211 Å². The predicted octanol–water partition coefficient (Wildman–Crippen LogP) is 4.10. The molecule has 3 aromatic rings. The van der Waals surface area contributed by atoms with Crippen molar-refractivity contribution in [1.29, 1.82) is 0 Å². The van der Waals surface area contributed by atoms with Crippen LogP contribution in [-0.2, 0) is 21.2 Å². The number of nitrogens with one attached hydrogen (secondary N) is 1. The highest BCUT2D eigenvalue weighted by atomic mass is 32.2. The monoisotopic (exact) mass is 510 g/mol. The number of carbonyl (C=O) groups is 1. The maximum absolute atomic E-state index is 13.7. The molecule has 1 unspecified atom stereocenters. The van der Waals surface area contributed by atoms with Gasteiger partial charge in [0.2, 0.25) is 5.91 Å². The van der Waals surface area contributed by atoms with Crippen LogP contribution in [0.25, 0.3) is 0 Å². The molecule has 0 radical (unpaired) electrons. The molecule has 8 nitrogen and oxygen atoms in total. The van der Waals surface area contributed by atoms with Crippen LogP contribution in [0.2, 0.25) is 0 Å². The Morgan fingerprint density at radius 2 is 1.64 bits per heavy atom. The lowest BCUT2D eigenvalue weighted by atomic mass is 9.87. The summed E-state index contributed by atoms with van der Waals surface area (Å²) in [6.45, 7) is -0.406. The van der Waals surface area contributed by atoms with Crippen LogP contribution in [-0.4, -0.2) is 42.2 Å². The molecule has 1 N–H and O–H groups in total. The van der Waals surface area contributed by atoms with E-state index in [9.17, 15) is 13.2 Å². The number of rotatable bonds is 9. The van der Waals surface area contributed by atoms with Crippen LogP contribution < -0.4 is 23.8 Å². The standard InChI is InChI=1S/C27H30N2O6S/c1-33-20-11-14-22(15-12-20)36(31,32)29(25-9-4-5-10-26(25)35-3)18-27(30)28-24-8-6-7-19-17-21(34-2)13-16-23(19)24/h4-5,9-17,24H,6-8,18H2,1-3H3,(H,28,30). The second-order valence-corrected chi connectivity index (χ2v) is 10.3. The summed E-state index contributed by atoms with van der Waals surface area (Å²) < 4.78 is 44.5. The molecule has 1 aliphatic rings. The van der Waals surface area contributed by atoms with E-state index in [-0.39, 0.29) is 16.6 Å². The molecule has 190 valence electrons. The third-order valence-corrected chi connectivity index (χ3v) is 8.06. The lowest BCUT2D eigenvalue weighted by Crippen LogP contribution is -2.42. The highest BCUT2D eigenvalue weighted by molar-refractivity contribution is 7.92. The van der Waals surface area contributed by atoms with Gasteiger partial charge < -0.3 is 19.5 Å². The fourth-order valence-corrected chi connectivity index (χ4v) is 5.88. The van der Waals surface area contributed by atoms with E-state index < -0.39 is 22.5 Å². The Balaban J connectivity index is 1.64. The molecule has 36 heavy (non-hydrogen) atoms. The first-order chi connectivity index (χ1) is 17.4. The van der Waals surface area contributed by atoms with Gasteiger partial charge in [-0.1, -0.05) is 18.2 Å². The van der Waals surface area contributed by atoms with Crippen molar-refractivity contribution in [2.75, 3.05) is 32.2 Å². The SMILES string of the molecule is COc1ccc(S(=O)(=O)N(CC(=O)NC2CCCc3cc(OC)ccc32)c2ccccc2OC)cc1. The first-order valence-electron chi connectivity index (χ1n) is 11.6. The minimum absolute atomic E-state index is 0.0390. The van der Waals surface area contributed by atoms with Gasteiger partial charge in [0, 0.05) is 0 Å². The third-order valence-electron chi connectivity index (χ3n) is 6.29. The van der Waals surface area contributed by atoms with Crippen molar-refractivity contribution >= 4 is 21.6 Å². The lowest BCUT2D eigenvalue weighted by molar-refractivity contribution is -0.120. The van der Waals surface area contributed by atoms with Gasteiger partial charge in [-0.25, -0.2) is 8.42 Å². The number of carbonyl (C=O) groups excluding carboxylic acids is 1. The van der Waals surface area contributed by atoms with Crippen molar-refractivity contribution in [3.8, 4) is 17.2 Å². The molecule has 0 heterocycles. The summed E-state index contributed by atoms with van der Waals surface area (Å²) in [6, 6.07) is 18.4. The van der Waals surface area contributed by atoms with Gasteiger partial charge in [0.1, 0.15) is 23.8 Å². The second kappa shape index (κ2) is 10.9. The average Bonchev–Trinajstić information content (AvgIpc) is 2.91. The number of nitrogens with zero attached hydrogens (tertiary/aromatic N) is 1. The minimum Gasteiger partial charge on any atom is -0.497 e. The average molecular weight is 511 g/mol. The zero-order valence-corrected chi connectivity index (χ0v) is 21.4. The molecular formula is C27H30N2O6S. The first-order valence-corrected chi connectivity index (χ1v) is 13.1. The summed E-state index contributed by atoms with van der Waals surface area (Å²) in [5.41, 5.74) is 2.43. The molecule has 1 atom stereocenters. The van der Waals surface area contributed by atoms with E-state index in [1.54, 1.807) is 43.5 Å². The number of methoxy groups -OCH3 is 3. The zero-order chi connectivity index (χ0) is 25.7. The molecule has 0 bridgehead atoms. The summed E-state index contributed by atoms with van der Waals surface area (Å²) in [5.74, 6) is 1.24. The summed E-state index contributed by atoms with van der Waals surface area (Å²) in [5, 5.41) is 3.05. The lowest BCUT2D eigenvalue weighted by Gasteiger charge is -2.29. The maximum atomic E-state index is 13.7. The number of amides is 1. The Kier molecular flexibility index (Phi) is 7.69. The number of sulfonamides is 1. The van der Waals surface area contributed by atoms with E-state index in [1.165, 1.54) is 26.4 Å². The van der Waals surface area contributed by atoms with Crippen LogP contribution in [0.3, 0.4) is 0 Å². The van der Waals surface area contributed by atoms with Crippen molar-refractivity contribution in [1.82, 2.24) is 5.32 Å². The maximum Gasteiger partial charge on any atom is 0.264 e. The highest BCUT2D eigenvalue weighted by Gasteiger charge is 2.31. The number of anilines is 1. The number of aryl methyl sites for hydroxylation is 1. The molecule has 0 spiro atoms. The summed E-state index contributed by atoms with van der Waals surface area (Å²) >= 11 is 0. The van der Waals surface area contributed by atoms with Crippen LogP contribution in [0.1, 0.15) is 30.0 Å². The van der Waals surface area contributed by atoms with Crippen LogP contribution >= 0.6 is 0 Å². The molecule has 3 aromatic carbocycles. The molecule has 0 saturated carbocycles. The largest absolute Gasteiger partial charge is 0.497 e. The number of fused-ring (bicyclic) bond motifs is 1. The number of benzene rings is 3. The first kappa shape index (κ1) is 25.4. The summed E-state index contributed by atoms with van der Waals surface area (Å²) in [7, 11) is 0.499. The van der Waals surface area contributed by atoms with E-state index >= 15 is 0 Å². The van der Waals surface area contributed by atoms with Gasteiger partial charge in [-0.15, -0.1) is 0 Å². The Bertz CT molecular complexity index is 1320. The molecule has 1 aliphatic carbocycles. The van der Waals surface area contributed by atoms with Crippen molar-refractivity contribution in [2.24, 2.45) is 0 Å². The van der Waals surface area contributed by atoms with Crippen molar-refractivity contribution in [2.45, 2.75) is 30.2 Å². The van der Waals surface area contributed by atoms with Crippen molar-refractivity contribution in [3.05, 3.63) is 77.9 Å². The van der Waals surface area contributed by atoms with Gasteiger partial charge in [0.25, 0.3) is 10.0 Å². The third kappa shape index (κ3) is 5.26. The molecule has 0 aromatic heterocycles. The summed E-state index contributed by atoms with van der Waals surface area (Å²) in [4.78, 5) is 13.3. The van der Waals surface area contributed by atoms with Gasteiger partial charge in [-0.2, -0.15) is 0 Å². The number of para-hydroxylation sites is 2. The molecule has 0 fully saturated rings. The van der Waals surface area contributed by atoms with Crippen molar-refractivity contribution < 1.29 is 27.4 Å². The Hall–Kier alpha value is -3.72. The van der Waals surface area contributed by atoms with Gasteiger partial charge in [-0.3, -0.25) is 9.10 Å². The zero-order valence-electron chi connectivity index (χ0n) is 20.6. The number of ether oxygens (including phenoxy) is 3. The molecular weight excluding hydrogens is 480 g/mol. The quantitative estimate of drug-likeness (QED) is 0.466. The normalized spacial score (nSPS) is 14.9. The van der Waals surface area contributed by atoms with Crippen molar-refractivity contribution in [3.63, 3.8) is 0 Å².